The second-order valence-electron chi connectivity index (χ2n) is 8.63. The van der Waals surface area contributed by atoms with Crippen LogP contribution in [0.2, 0.25) is 5.02 Å². The molecule has 2 aliphatic rings. The van der Waals surface area contributed by atoms with E-state index in [0.717, 1.165) is 25.9 Å². The monoisotopic (exact) mass is 444 g/mol. The summed E-state index contributed by atoms with van der Waals surface area (Å²) in [6.07, 6.45) is 6.79. The number of benzene rings is 1. The second-order valence-corrected chi connectivity index (χ2v) is 9.06. The minimum atomic E-state index is -0.304. The molecule has 1 aromatic carbocycles. The number of likely N-dealkylation sites (tertiary alicyclic amines) is 2. The number of H-pyrrole nitrogens is 1. The fourth-order valence-electron chi connectivity index (χ4n) is 4.47. The van der Waals surface area contributed by atoms with E-state index in [1.165, 1.54) is 6.42 Å². The normalized spacial score (nSPS) is 18.6. The Balaban J connectivity index is 1.44. The predicted molar refractivity (Wildman–Crippen MR) is 118 cm³/mol. The maximum absolute atomic E-state index is 13.1. The minimum Gasteiger partial charge on any atom is -0.493 e. The first kappa shape index (κ1) is 21.7. The molecule has 4 rings (SSSR count). The molecule has 2 aliphatic heterocycles. The van der Waals surface area contributed by atoms with Gasteiger partial charge in [0.25, 0.3) is 5.91 Å². The second kappa shape index (κ2) is 9.73. The third-order valence-corrected chi connectivity index (χ3v) is 6.65. The lowest BCUT2D eigenvalue weighted by molar-refractivity contribution is -0.136. The number of aromatic amines is 1. The van der Waals surface area contributed by atoms with Crippen LogP contribution in [0.5, 0.6) is 5.75 Å². The number of hydrogen-bond donors (Lipinski definition) is 1. The summed E-state index contributed by atoms with van der Waals surface area (Å²) in [6, 6.07) is 9.02. The van der Waals surface area contributed by atoms with Gasteiger partial charge in [-0.3, -0.25) is 14.7 Å². The topological polar surface area (TPSA) is 78.5 Å². The quantitative estimate of drug-likeness (QED) is 0.735. The third kappa shape index (κ3) is 5.39. The number of nitrogens with one attached hydrogen (secondary N) is 1. The molecule has 2 amide bonds. The molecule has 1 aromatic heterocycles. The van der Waals surface area contributed by atoms with E-state index in [0.29, 0.717) is 55.4 Å². The van der Waals surface area contributed by atoms with Crippen molar-refractivity contribution < 1.29 is 14.3 Å². The van der Waals surface area contributed by atoms with Crippen LogP contribution in [0.15, 0.2) is 36.5 Å². The Bertz CT molecular complexity index is 888. The summed E-state index contributed by atoms with van der Waals surface area (Å²) in [4.78, 5) is 29.6. The number of halogens is 1. The first-order chi connectivity index (χ1) is 15.0. The fraction of sp³-hybridized carbons (Fsp3) is 0.522. The first-order valence-corrected chi connectivity index (χ1v) is 11.4. The summed E-state index contributed by atoms with van der Waals surface area (Å²) in [5, 5.41) is 7.24. The zero-order chi connectivity index (χ0) is 21.7. The number of aromatic nitrogens is 2. The molecule has 1 N–H and O–H groups in total. The van der Waals surface area contributed by atoms with Crippen LogP contribution in [0.1, 0.15) is 49.0 Å². The maximum atomic E-state index is 13.1. The van der Waals surface area contributed by atoms with Crippen molar-refractivity contribution >= 4 is 23.4 Å². The van der Waals surface area contributed by atoms with E-state index in [2.05, 4.69) is 10.2 Å². The van der Waals surface area contributed by atoms with Crippen molar-refractivity contribution in [3.05, 3.63) is 47.2 Å². The summed E-state index contributed by atoms with van der Waals surface area (Å²) in [6.45, 7) is 3.29. The van der Waals surface area contributed by atoms with Crippen molar-refractivity contribution in [3.63, 3.8) is 0 Å². The van der Waals surface area contributed by atoms with Crippen LogP contribution < -0.4 is 4.74 Å². The summed E-state index contributed by atoms with van der Waals surface area (Å²) in [5.74, 6) is 0.847. The first-order valence-electron chi connectivity index (χ1n) is 11.0. The smallest absolute Gasteiger partial charge is 0.271 e. The van der Waals surface area contributed by atoms with Crippen LogP contribution in [0.4, 0.5) is 0 Å². The van der Waals surface area contributed by atoms with Crippen LogP contribution in [0.3, 0.4) is 0 Å². The van der Waals surface area contributed by atoms with Gasteiger partial charge in [0.05, 0.1) is 6.61 Å². The number of ether oxygens (including phenoxy) is 1. The molecule has 0 saturated carbocycles. The largest absolute Gasteiger partial charge is 0.493 e. The highest BCUT2D eigenvalue weighted by atomic mass is 35.5. The van der Waals surface area contributed by atoms with E-state index < -0.39 is 0 Å². The molecule has 0 spiro atoms. The van der Waals surface area contributed by atoms with Gasteiger partial charge in [-0.1, -0.05) is 17.7 Å². The molecule has 0 atom stereocenters. The van der Waals surface area contributed by atoms with Crippen molar-refractivity contribution in [2.45, 2.75) is 38.5 Å². The van der Waals surface area contributed by atoms with E-state index in [1.807, 2.05) is 28.0 Å². The molecule has 8 heteroatoms. The number of rotatable bonds is 6. The van der Waals surface area contributed by atoms with Gasteiger partial charge in [0, 0.05) is 49.2 Å². The average Bonchev–Trinajstić information content (AvgIpc) is 3.34. The van der Waals surface area contributed by atoms with Crippen LogP contribution in [0, 0.1) is 5.41 Å². The van der Waals surface area contributed by atoms with E-state index in [9.17, 15) is 9.59 Å². The number of carbonyl (C=O) groups excluding carboxylic acids is 2. The highest BCUT2D eigenvalue weighted by Gasteiger charge is 2.40. The van der Waals surface area contributed by atoms with Crippen molar-refractivity contribution in [1.29, 1.82) is 0 Å². The van der Waals surface area contributed by atoms with Crippen molar-refractivity contribution in [2.24, 2.45) is 5.41 Å². The highest BCUT2D eigenvalue weighted by molar-refractivity contribution is 6.30. The summed E-state index contributed by atoms with van der Waals surface area (Å²) in [7, 11) is 0. The number of nitrogens with zero attached hydrogens (tertiary/aromatic N) is 3. The van der Waals surface area contributed by atoms with Gasteiger partial charge >= 0.3 is 0 Å². The Hall–Kier alpha value is -2.54. The summed E-state index contributed by atoms with van der Waals surface area (Å²) >= 11 is 6.10. The van der Waals surface area contributed by atoms with Gasteiger partial charge in [-0.25, -0.2) is 0 Å². The van der Waals surface area contributed by atoms with Gasteiger partial charge in [-0.15, -0.1) is 0 Å². The Morgan fingerprint density at radius 1 is 1.06 bits per heavy atom. The molecule has 31 heavy (non-hydrogen) atoms. The SMILES string of the molecule is O=C(CC1(COc2cccc(Cl)c2)CCN(C(=O)c2ccn[nH]2)CC1)N1CCCCC1. The van der Waals surface area contributed by atoms with Gasteiger partial charge in [-0.2, -0.15) is 5.10 Å². The van der Waals surface area contributed by atoms with Gasteiger partial charge in [0.15, 0.2) is 0 Å². The van der Waals surface area contributed by atoms with Gasteiger partial charge < -0.3 is 14.5 Å². The van der Waals surface area contributed by atoms with Crippen molar-refractivity contribution in [1.82, 2.24) is 20.0 Å². The summed E-state index contributed by atoms with van der Waals surface area (Å²) in [5.41, 5.74) is 0.189. The van der Waals surface area contributed by atoms with Gasteiger partial charge in [0.2, 0.25) is 5.91 Å². The molecular formula is C23H29ClN4O3. The number of piperidine rings is 2. The Morgan fingerprint density at radius 2 is 1.84 bits per heavy atom. The van der Waals surface area contributed by atoms with Crippen LogP contribution in [-0.2, 0) is 4.79 Å². The molecule has 0 bridgehead atoms. The molecule has 166 valence electrons. The lowest BCUT2D eigenvalue weighted by Crippen LogP contribution is -2.48. The Kier molecular flexibility index (Phi) is 6.80. The predicted octanol–water partition coefficient (Wildman–Crippen LogP) is 3.77. The van der Waals surface area contributed by atoms with Crippen LogP contribution >= 0.6 is 11.6 Å². The minimum absolute atomic E-state index is 0.0517. The highest BCUT2D eigenvalue weighted by Crippen LogP contribution is 2.37. The van der Waals surface area contributed by atoms with Gasteiger partial charge in [0.1, 0.15) is 11.4 Å². The molecule has 2 aromatic rings. The number of carbonyl (C=O) groups is 2. The van der Waals surface area contributed by atoms with E-state index >= 15 is 0 Å². The summed E-state index contributed by atoms with van der Waals surface area (Å²) < 4.78 is 6.11. The lowest BCUT2D eigenvalue weighted by atomic mass is 9.75. The molecule has 3 heterocycles. The Labute approximate surface area is 187 Å². The standard InChI is InChI=1S/C23H29ClN4O3/c24-18-5-4-6-19(15-18)31-17-23(16-21(29)27-11-2-1-3-12-27)8-13-28(14-9-23)22(30)20-7-10-25-26-20/h4-7,10,15H,1-3,8-9,11-14,16-17H2,(H,25,26). The van der Waals surface area contributed by atoms with Gasteiger partial charge in [-0.05, 0) is 56.4 Å². The Morgan fingerprint density at radius 3 is 2.52 bits per heavy atom. The molecular weight excluding hydrogens is 416 g/mol. The zero-order valence-electron chi connectivity index (χ0n) is 17.7. The molecule has 0 unspecified atom stereocenters. The fourth-order valence-corrected chi connectivity index (χ4v) is 4.65. The van der Waals surface area contributed by atoms with Crippen LogP contribution in [0.25, 0.3) is 0 Å². The molecule has 7 nitrogen and oxygen atoms in total. The molecule has 0 aliphatic carbocycles. The maximum Gasteiger partial charge on any atom is 0.271 e. The number of hydrogen-bond acceptors (Lipinski definition) is 4. The molecule has 2 fully saturated rings. The molecule has 2 saturated heterocycles. The third-order valence-electron chi connectivity index (χ3n) is 6.42. The van der Waals surface area contributed by atoms with Crippen LogP contribution in [-0.4, -0.2) is 64.6 Å². The van der Waals surface area contributed by atoms with E-state index in [4.69, 9.17) is 16.3 Å². The lowest BCUT2D eigenvalue weighted by Gasteiger charge is -2.42. The van der Waals surface area contributed by atoms with E-state index in [1.54, 1.807) is 18.3 Å². The van der Waals surface area contributed by atoms with Crippen molar-refractivity contribution in [3.8, 4) is 5.75 Å². The zero-order valence-corrected chi connectivity index (χ0v) is 18.4. The average molecular weight is 445 g/mol. The van der Waals surface area contributed by atoms with E-state index in [-0.39, 0.29) is 17.2 Å². The number of amides is 2. The van der Waals surface area contributed by atoms with Crippen molar-refractivity contribution in [2.75, 3.05) is 32.8 Å². The molecule has 0 radical (unpaired) electrons.